The second-order valence-electron chi connectivity index (χ2n) is 2.75. The lowest BCUT2D eigenvalue weighted by molar-refractivity contribution is 0.280. The molecule has 0 fully saturated rings. The summed E-state index contributed by atoms with van der Waals surface area (Å²) >= 11 is 0. The summed E-state index contributed by atoms with van der Waals surface area (Å²) in [5.41, 5.74) is 0. The second-order valence-corrected chi connectivity index (χ2v) is 5.04. The first-order chi connectivity index (χ1) is 6.70. The van der Waals surface area contributed by atoms with Crippen LogP contribution in [0.5, 0.6) is 5.75 Å². The van der Waals surface area contributed by atoms with Crippen LogP contribution in [0.1, 0.15) is 13.8 Å². The topological polar surface area (TPSA) is 35.5 Å². The Morgan fingerprint density at radius 1 is 1.21 bits per heavy atom. The van der Waals surface area contributed by atoms with Crippen molar-refractivity contribution in [2.24, 2.45) is 0 Å². The van der Waals surface area contributed by atoms with Gasteiger partial charge in [0.25, 0.3) is 0 Å². The van der Waals surface area contributed by atoms with Crippen molar-refractivity contribution in [1.29, 1.82) is 0 Å². The monoisotopic (exact) mass is 214 g/mol. The maximum absolute atomic E-state index is 11.9. The van der Waals surface area contributed by atoms with Gasteiger partial charge in [0, 0.05) is 0 Å². The first-order valence-electron chi connectivity index (χ1n) is 4.68. The molecule has 0 spiro atoms. The van der Waals surface area contributed by atoms with Gasteiger partial charge in [-0.3, -0.25) is 0 Å². The Hall–Kier alpha value is -0.790. The molecule has 0 amide bonds. The summed E-state index contributed by atoms with van der Waals surface area (Å²) < 4.78 is 22.3. The Balaban J connectivity index is 2.71. The van der Waals surface area contributed by atoms with E-state index in [1.54, 1.807) is 26.0 Å². The van der Waals surface area contributed by atoms with Gasteiger partial charge in [-0.15, -0.1) is 0 Å². The number of hydrogen-bond acceptors (Lipinski definition) is 3. The van der Waals surface area contributed by atoms with Crippen molar-refractivity contribution in [3.05, 3.63) is 30.3 Å². The van der Waals surface area contributed by atoms with E-state index in [4.69, 9.17) is 9.05 Å². The zero-order valence-electron chi connectivity index (χ0n) is 8.47. The van der Waals surface area contributed by atoms with Gasteiger partial charge in [0.05, 0.1) is 12.8 Å². The smallest absolute Gasteiger partial charge is 0.378 e. The molecule has 0 aromatic heterocycles. The Bertz CT molecular complexity index is 310. The van der Waals surface area contributed by atoms with Crippen molar-refractivity contribution in [3.63, 3.8) is 0 Å². The third kappa shape index (κ3) is 3.17. The molecular formula is C10H15O3P. The van der Waals surface area contributed by atoms with Crippen LogP contribution in [0.25, 0.3) is 0 Å². The third-order valence-corrected chi connectivity index (χ3v) is 3.62. The summed E-state index contributed by atoms with van der Waals surface area (Å²) in [4.78, 5) is 0. The van der Waals surface area contributed by atoms with E-state index in [1.807, 2.05) is 18.2 Å². The molecule has 1 aromatic rings. The van der Waals surface area contributed by atoms with Crippen molar-refractivity contribution in [2.75, 3.05) is 12.8 Å². The van der Waals surface area contributed by atoms with Crippen LogP contribution in [-0.2, 0) is 9.09 Å². The van der Waals surface area contributed by atoms with Gasteiger partial charge >= 0.3 is 7.60 Å². The van der Waals surface area contributed by atoms with E-state index >= 15 is 0 Å². The Labute approximate surface area is 84.6 Å². The average Bonchev–Trinajstić information content (AvgIpc) is 2.20. The molecule has 0 heterocycles. The van der Waals surface area contributed by atoms with E-state index in [2.05, 4.69) is 0 Å². The molecule has 3 nitrogen and oxygen atoms in total. The highest BCUT2D eigenvalue weighted by Crippen LogP contribution is 2.47. The Morgan fingerprint density at radius 3 is 2.36 bits per heavy atom. The van der Waals surface area contributed by atoms with Gasteiger partial charge in [0.15, 0.2) is 0 Å². The van der Waals surface area contributed by atoms with E-state index in [1.165, 1.54) is 0 Å². The van der Waals surface area contributed by atoms with Gasteiger partial charge in [-0.05, 0) is 19.1 Å². The van der Waals surface area contributed by atoms with Crippen LogP contribution in [0.2, 0.25) is 0 Å². The minimum atomic E-state index is -2.92. The summed E-state index contributed by atoms with van der Waals surface area (Å²) in [5, 5.41) is 0. The highest BCUT2D eigenvalue weighted by molar-refractivity contribution is 7.54. The van der Waals surface area contributed by atoms with Gasteiger partial charge < -0.3 is 9.05 Å². The summed E-state index contributed by atoms with van der Waals surface area (Å²) in [6.45, 7) is 3.99. The van der Waals surface area contributed by atoms with Crippen molar-refractivity contribution < 1.29 is 13.6 Å². The lowest BCUT2D eigenvalue weighted by atomic mass is 10.3. The summed E-state index contributed by atoms with van der Waals surface area (Å²) in [7, 11) is -2.92. The molecule has 14 heavy (non-hydrogen) atoms. The van der Waals surface area contributed by atoms with Crippen LogP contribution >= 0.6 is 7.60 Å². The van der Waals surface area contributed by atoms with Crippen LogP contribution in [0, 0.1) is 0 Å². The molecule has 1 unspecified atom stereocenters. The first-order valence-corrected chi connectivity index (χ1v) is 6.41. The minimum absolute atomic E-state index is 0.385. The van der Waals surface area contributed by atoms with Crippen LogP contribution in [0.15, 0.2) is 30.3 Å². The standard InChI is InChI=1S/C10H15O3P/c1-3-12-14(11,4-2)13-10-8-6-5-7-9-10/h5-9H,3-4H2,1-2H3. The van der Waals surface area contributed by atoms with Crippen LogP contribution in [0.3, 0.4) is 0 Å². The molecule has 0 aliphatic carbocycles. The second kappa shape index (κ2) is 5.18. The number of hydrogen-bond donors (Lipinski definition) is 0. The number of rotatable bonds is 5. The quantitative estimate of drug-likeness (QED) is 0.705. The van der Waals surface area contributed by atoms with Crippen LogP contribution < -0.4 is 4.52 Å². The van der Waals surface area contributed by atoms with Gasteiger partial charge in [0.1, 0.15) is 5.75 Å². The predicted molar refractivity (Wildman–Crippen MR) is 56.8 cm³/mol. The van der Waals surface area contributed by atoms with Crippen molar-refractivity contribution >= 4 is 7.60 Å². The van der Waals surface area contributed by atoms with Crippen LogP contribution in [0.4, 0.5) is 0 Å². The zero-order valence-corrected chi connectivity index (χ0v) is 9.37. The van der Waals surface area contributed by atoms with E-state index in [-0.39, 0.29) is 0 Å². The largest absolute Gasteiger partial charge is 0.424 e. The van der Waals surface area contributed by atoms with Crippen molar-refractivity contribution in [3.8, 4) is 5.75 Å². The molecule has 0 bridgehead atoms. The molecule has 0 saturated heterocycles. The molecule has 1 aromatic carbocycles. The van der Waals surface area contributed by atoms with Crippen molar-refractivity contribution in [2.45, 2.75) is 13.8 Å². The summed E-state index contributed by atoms with van der Waals surface area (Å²) in [6, 6.07) is 9.08. The van der Waals surface area contributed by atoms with E-state index < -0.39 is 7.60 Å². The SMILES string of the molecule is CCOP(=O)(CC)Oc1ccccc1. The van der Waals surface area contributed by atoms with E-state index in [9.17, 15) is 4.57 Å². The summed E-state index contributed by atoms with van der Waals surface area (Å²) in [6.07, 6.45) is 0.385. The maximum Gasteiger partial charge on any atom is 0.378 e. The van der Waals surface area contributed by atoms with Gasteiger partial charge in [-0.2, -0.15) is 0 Å². The molecule has 0 saturated carbocycles. The molecule has 1 rings (SSSR count). The summed E-state index contributed by atoms with van der Waals surface area (Å²) in [5.74, 6) is 0.589. The lowest BCUT2D eigenvalue weighted by Gasteiger charge is -2.16. The maximum atomic E-state index is 11.9. The molecule has 1 atom stereocenters. The average molecular weight is 214 g/mol. The van der Waals surface area contributed by atoms with E-state index in [0.717, 1.165) is 0 Å². The number of para-hydroxylation sites is 1. The lowest BCUT2D eigenvalue weighted by Crippen LogP contribution is -2.00. The molecule has 0 aliphatic rings. The van der Waals surface area contributed by atoms with Crippen molar-refractivity contribution in [1.82, 2.24) is 0 Å². The molecular weight excluding hydrogens is 199 g/mol. The van der Waals surface area contributed by atoms with Gasteiger partial charge in [-0.1, -0.05) is 25.1 Å². The molecule has 0 aliphatic heterocycles. The highest BCUT2D eigenvalue weighted by atomic mass is 31.2. The fourth-order valence-corrected chi connectivity index (χ4v) is 2.22. The number of benzene rings is 1. The Kier molecular flexibility index (Phi) is 4.18. The molecule has 78 valence electrons. The normalized spacial score (nSPS) is 14.7. The first kappa shape index (κ1) is 11.3. The van der Waals surface area contributed by atoms with Gasteiger partial charge in [-0.25, -0.2) is 4.57 Å². The minimum Gasteiger partial charge on any atom is -0.424 e. The zero-order chi connectivity index (χ0) is 10.4. The molecule has 0 N–H and O–H groups in total. The fourth-order valence-electron chi connectivity index (χ4n) is 1.02. The molecule has 4 heteroatoms. The molecule has 0 radical (unpaired) electrons. The third-order valence-electron chi connectivity index (χ3n) is 1.70. The van der Waals surface area contributed by atoms with Gasteiger partial charge in [0.2, 0.25) is 0 Å². The highest BCUT2D eigenvalue weighted by Gasteiger charge is 2.22. The van der Waals surface area contributed by atoms with Crippen LogP contribution in [-0.4, -0.2) is 12.8 Å². The fraction of sp³-hybridized carbons (Fsp3) is 0.400. The Morgan fingerprint density at radius 2 is 1.86 bits per heavy atom. The van der Waals surface area contributed by atoms with E-state index in [0.29, 0.717) is 18.5 Å². The predicted octanol–water partition coefficient (Wildman–Crippen LogP) is 3.31.